The average Bonchev–Trinajstić information content (AvgIpc) is 2.68. The molecule has 0 aliphatic heterocycles. The van der Waals surface area contributed by atoms with Crippen molar-refractivity contribution < 1.29 is 0 Å². The molecule has 1 nitrogen and oxygen atoms in total. The molecule has 0 radical (unpaired) electrons. The minimum Gasteiger partial charge on any atom is -0.309 e. The summed E-state index contributed by atoms with van der Waals surface area (Å²) in [5.41, 5.74) is 1.63. The van der Waals surface area contributed by atoms with Crippen LogP contribution in [0.1, 0.15) is 55.0 Å². The van der Waals surface area contributed by atoms with Gasteiger partial charge in [-0.2, -0.15) is 0 Å². The molecule has 0 spiro atoms. The lowest BCUT2D eigenvalue weighted by atomic mass is 9.97. The van der Waals surface area contributed by atoms with Crippen LogP contribution in [0.4, 0.5) is 0 Å². The summed E-state index contributed by atoms with van der Waals surface area (Å²) in [6.45, 7) is 7.88. The molecule has 1 atom stereocenters. The van der Waals surface area contributed by atoms with Crippen molar-refractivity contribution in [3.05, 3.63) is 21.4 Å². The minimum atomic E-state index is 0.556. The lowest BCUT2D eigenvalue weighted by molar-refractivity contribution is 0.427. The van der Waals surface area contributed by atoms with Gasteiger partial charge in [0.15, 0.2) is 0 Å². The summed E-state index contributed by atoms with van der Waals surface area (Å²) < 4.78 is 0. The first-order valence-corrected chi connectivity index (χ1v) is 7.39. The topological polar surface area (TPSA) is 12.0 Å². The first-order chi connectivity index (χ1) is 7.72. The van der Waals surface area contributed by atoms with E-state index in [1.165, 1.54) is 25.7 Å². The third-order valence-corrected chi connectivity index (χ3v) is 4.73. The molecule has 0 amide bonds. The molecule has 1 aromatic heterocycles. The van der Waals surface area contributed by atoms with E-state index >= 15 is 0 Å². The zero-order valence-electron chi connectivity index (χ0n) is 10.7. The highest BCUT2D eigenvalue weighted by atomic mass is 32.1. The molecule has 1 aliphatic rings. The van der Waals surface area contributed by atoms with Crippen LogP contribution in [0.5, 0.6) is 0 Å². The fraction of sp³-hybridized carbons (Fsp3) is 0.714. The van der Waals surface area contributed by atoms with E-state index in [2.05, 4.69) is 32.2 Å². The van der Waals surface area contributed by atoms with Gasteiger partial charge in [-0.3, -0.25) is 0 Å². The molecule has 1 aliphatic carbocycles. The largest absolute Gasteiger partial charge is 0.309 e. The first-order valence-electron chi connectivity index (χ1n) is 6.57. The summed E-state index contributed by atoms with van der Waals surface area (Å²) in [5.74, 6) is 0.681. The highest BCUT2D eigenvalue weighted by Gasteiger charge is 2.20. The molecule has 1 heterocycles. The zero-order chi connectivity index (χ0) is 11.5. The molecule has 0 fully saturated rings. The molecular weight excluding hydrogens is 214 g/mol. The molecule has 2 rings (SSSR count). The van der Waals surface area contributed by atoms with E-state index in [9.17, 15) is 0 Å². The molecule has 2 heteroatoms. The Morgan fingerprint density at radius 2 is 2.06 bits per heavy atom. The highest BCUT2D eigenvalue weighted by Crippen LogP contribution is 2.35. The summed E-state index contributed by atoms with van der Waals surface area (Å²) in [5, 5.41) is 3.62. The van der Waals surface area contributed by atoms with Crippen molar-refractivity contribution in [2.75, 3.05) is 6.54 Å². The van der Waals surface area contributed by atoms with Gasteiger partial charge < -0.3 is 5.32 Å². The summed E-state index contributed by atoms with van der Waals surface area (Å²) in [6.07, 6.45) is 5.40. The maximum atomic E-state index is 3.62. The third-order valence-electron chi connectivity index (χ3n) is 3.41. The number of hydrogen-bond donors (Lipinski definition) is 1. The fourth-order valence-corrected chi connectivity index (χ4v) is 4.06. The normalized spacial score (nSPS) is 17.5. The monoisotopic (exact) mass is 237 g/mol. The van der Waals surface area contributed by atoms with Crippen LogP contribution in [0.15, 0.2) is 6.07 Å². The summed E-state index contributed by atoms with van der Waals surface area (Å²) >= 11 is 2.05. The van der Waals surface area contributed by atoms with Crippen molar-refractivity contribution in [2.24, 2.45) is 5.92 Å². The molecule has 1 unspecified atom stereocenters. The van der Waals surface area contributed by atoms with Crippen LogP contribution in [0, 0.1) is 5.92 Å². The van der Waals surface area contributed by atoms with Gasteiger partial charge in [0.2, 0.25) is 0 Å². The molecule has 1 N–H and O–H groups in total. The Hall–Kier alpha value is -0.340. The Morgan fingerprint density at radius 3 is 2.69 bits per heavy atom. The van der Waals surface area contributed by atoms with E-state index in [1.54, 1.807) is 15.3 Å². The van der Waals surface area contributed by atoms with Gasteiger partial charge in [0.25, 0.3) is 0 Å². The summed E-state index contributed by atoms with van der Waals surface area (Å²) in [7, 11) is 0. The Kier molecular flexibility index (Phi) is 4.04. The van der Waals surface area contributed by atoms with Gasteiger partial charge in [0.05, 0.1) is 0 Å². The van der Waals surface area contributed by atoms with E-state index in [0.717, 1.165) is 6.54 Å². The maximum Gasteiger partial charge on any atom is 0.0438 e. The van der Waals surface area contributed by atoms with Gasteiger partial charge in [-0.25, -0.2) is 0 Å². The third kappa shape index (κ3) is 2.49. The Morgan fingerprint density at radius 1 is 1.31 bits per heavy atom. The minimum absolute atomic E-state index is 0.556. The molecular formula is C14H23NS. The highest BCUT2D eigenvalue weighted by molar-refractivity contribution is 7.12. The van der Waals surface area contributed by atoms with Gasteiger partial charge in [-0.05, 0) is 49.8 Å². The van der Waals surface area contributed by atoms with Crippen LogP contribution in [-0.4, -0.2) is 6.54 Å². The lowest BCUT2D eigenvalue weighted by Gasteiger charge is -2.20. The number of rotatable bonds is 4. The van der Waals surface area contributed by atoms with Gasteiger partial charge in [-0.15, -0.1) is 11.3 Å². The van der Waals surface area contributed by atoms with Crippen molar-refractivity contribution in [1.82, 2.24) is 5.32 Å². The van der Waals surface area contributed by atoms with Crippen LogP contribution < -0.4 is 5.32 Å². The van der Waals surface area contributed by atoms with E-state index < -0.39 is 0 Å². The van der Waals surface area contributed by atoms with Crippen molar-refractivity contribution in [1.29, 1.82) is 0 Å². The standard InChI is InChI=1S/C14H23NS/c1-4-15-14(10(2)3)13-9-11-7-5-6-8-12(11)16-13/h9-10,14-15H,4-8H2,1-3H3. The van der Waals surface area contributed by atoms with Crippen LogP contribution in [0.3, 0.4) is 0 Å². The second-order valence-electron chi connectivity index (χ2n) is 5.08. The molecule has 0 aromatic carbocycles. The molecule has 0 saturated carbocycles. The Balaban J connectivity index is 2.20. The van der Waals surface area contributed by atoms with Crippen molar-refractivity contribution >= 4 is 11.3 Å². The molecule has 1 aromatic rings. The number of aryl methyl sites for hydroxylation is 2. The molecule has 0 bridgehead atoms. The van der Waals surface area contributed by atoms with Crippen molar-refractivity contribution in [2.45, 2.75) is 52.5 Å². The van der Waals surface area contributed by atoms with Gasteiger partial charge in [0.1, 0.15) is 0 Å². The van der Waals surface area contributed by atoms with E-state index in [4.69, 9.17) is 0 Å². The van der Waals surface area contributed by atoms with Crippen LogP contribution in [-0.2, 0) is 12.8 Å². The molecule has 0 saturated heterocycles. The predicted molar refractivity (Wildman–Crippen MR) is 72.2 cm³/mol. The second-order valence-corrected chi connectivity index (χ2v) is 6.25. The second kappa shape index (κ2) is 5.33. The van der Waals surface area contributed by atoms with Crippen LogP contribution in [0.2, 0.25) is 0 Å². The predicted octanol–water partition coefficient (Wildman–Crippen LogP) is 3.93. The van der Waals surface area contributed by atoms with Crippen molar-refractivity contribution in [3.63, 3.8) is 0 Å². The Bertz CT molecular complexity index is 317. The van der Waals surface area contributed by atoms with Crippen LogP contribution in [0.25, 0.3) is 0 Å². The van der Waals surface area contributed by atoms with Gasteiger partial charge in [-0.1, -0.05) is 20.8 Å². The molecule has 16 heavy (non-hydrogen) atoms. The number of nitrogens with one attached hydrogen (secondary N) is 1. The maximum absolute atomic E-state index is 3.62. The average molecular weight is 237 g/mol. The SMILES string of the molecule is CCNC(c1cc2c(s1)CCCC2)C(C)C. The lowest BCUT2D eigenvalue weighted by Crippen LogP contribution is -2.24. The Labute approximate surface area is 103 Å². The number of fused-ring (bicyclic) bond motifs is 1. The van der Waals surface area contributed by atoms with E-state index in [0.29, 0.717) is 12.0 Å². The first kappa shape index (κ1) is 12.1. The summed E-state index contributed by atoms with van der Waals surface area (Å²) in [4.78, 5) is 3.22. The van der Waals surface area contributed by atoms with Crippen LogP contribution >= 0.6 is 11.3 Å². The van der Waals surface area contributed by atoms with E-state index in [-0.39, 0.29) is 0 Å². The number of hydrogen-bond acceptors (Lipinski definition) is 2. The van der Waals surface area contributed by atoms with Gasteiger partial charge >= 0.3 is 0 Å². The molecule has 90 valence electrons. The van der Waals surface area contributed by atoms with E-state index in [1.807, 2.05) is 11.3 Å². The van der Waals surface area contributed by atoms with Crippen molar-refractivity contribution in [3.8, 4) is 0 Å². The fourth-order valence-electron chi connectivity index (χ4n) is 2.55. The number of thiophene rings is 1. The smallest absolute Gasteiger partial charge is 0.0438 e. The zero-order valence-corrected chi connectivity index (χ0v) is 11.5. The quantitative estimate of drug-likeness (QED) is 0.836. The van der Waals surface area contributed by atoms with Gasteiger partial charge in [0, 0.05) is 15.8 Å². The summed E-state index contributed by atoms with van der Waals surface area (Å²) in [6, 6.07) is 3.02.